The number of aromatic nitrogens is 1. The molecule has 0 spiro atoms. The zero-order chi connectivity index (χ0) is 14.0. The van der Waals surface area contributed by atoms with E-state index in [9.17, 15) is 9.18 Å². The van der Waals surface area contributed by atoms with Gasteiger partial charge in [-0.1, -0.05) is 12.1 Å². The second kappa shape index (κ2) is 5.48. The number of halogens is 2. The first-order valence-electron chi connectivity index (χ1n) is 5.66. The fourth-order valence-electron chi connectivity index (χ4n) is 1.71. The molecule has 1 aromatic heterocycles. The van der Waals surface area contributed by atoms with Crippen LogP contribution in [0.25, 0.3) is 0 Å². The van der Waals surface area contributed by atoms with Gasteiger partial charge in [0.2, 0.25) is 0 Å². The van der Waals surface area contributed by atoms with Crippen molar-refractivity contribution < 1.29 is 9.18 Å². The predicted molar refractivity (Wildman–Crippen MR) is 75.8 cm³/mol. The Morgan fingerprint density at radius 1 is 1.32 bits per heavy atom. The largest absolute Gasteiger partial charge is 0.293 e. The SMILES string of the molecule is Cc1cccc(C(=O)N(C)c2ncccc2F)c1Br. The molecule has 2 rings (SSSR count). The van der Waals surface area contributed by atoms with Crippen molar-refractivity contribution in [1.82, 2.24) is 4.98 Å². The maximum atomic E-state index is 13.6. The molecule has 0 unspecified atom stereocenters. The van der Waals surface area contributed by atoms with Gasteiger partial charge in [0.05, 0.1) is 5.56 Å². The zero-order valence-electron chi connectivity index (χ0n) is 10.5. The molecule has 0 bridgehead atoms. The van der Waals surface area contributed by atoms with Crippen LogP contribution in [0.3, 0.4) is 0 Å². The van der Waals surface area contributed by atoms with E-state index < -0.39 is 5.82 Å². The van der Waals surface area contributed by atoms with E-state index in [0.29, 0.717) is 10.0 Å². The molecule has 0 aliphatic rings. The molecule has 1 aromatic carbocycles. The molecule has 0 fully saturated rings. The van der Waals surface area contributed by atoms with Gasteiger partial charge >= 0.3 is 0 Å². The van der Waals surface area contributed by atoms with Gasteiger partial charge in [0.1, 0.15) is 0 Å². The van der Waals surface area contributed by atoms with E-state index in [2.05, 4.69) is 20.9 Å². The van der Waals surface area contributed by atoms with E-state index in [1.807, 2.05) is 13.0 Å². The summed E-state index contributed by atoms with van der Waals surface area (Å²) in [6, 6.07) is 8.13. The molecule has 5 heteroatoms. The fourth-order valence-corrected chi connectivity index (χ4v) is 2.15. The second-order valence-electron chi connectivity index (χ2n) is 4.11. The summed E-state index contributed by atoms with van der Waals surface area (Å²) < 4.78 is 14.3. The lowest BCUT2D eigenvalue weighted by molar-refractivity contribution is 0.0990. The molecule has 2 aromatic rings. The molecule has 1 amide bonds. The third-order valence-electron chi connectivity index (χ3n) is 2.78. The average molecular weight is 323 g/mol. The van der Waals surface area contributed by atoms with E-state index >= 15 is 0 Å². The number of anilines is 1. The Morgan fingerprint density at radius 2 is 2.05 bits per heavy atom. The number of aryl methyl sites for hydroxylation is 1. The first kappa shape index (κ1) is 13.7. The highest BCUT2D eigenvalue weighted by Crippen LogP contribution is 2.24. The van der Waals surface area contributed by atoms with Crippen LogP contribution in [0, 0.1) is 12.7 Å². The van der Waals surface area contributed by atoms with Crippen LogP contribution in [0.15, 0.2) is 41.0 Å². The Morgan fingerprint density at radius 3 is 2.74 bits per heavy atom. The molecular formula is C14H12BrFN2O. The molecular weight excluding hydrogens is 311 g/mol. The maximum Gasteiger partial charge on any atom is 0.260 e. The summed E-state index contributed by atoms with van der Waals surface area (Å²) in [7, 11) is 1.50. The van der Waals surface area contributed by atoms with Crippen molar-refractivity contribution in [3.05, 3.63) is 57.9 Å². The molecule has 0 saturated heterocycles. The fraction of sp³-hybridized carbons (Fsp3) is 0.143. The van der Waals surface area contributed by atoms with Gasteiger partial charge in [-0.05, 0) is 46.6 Å². The van der Waals surface area contributed by atoms with Crippen LogP contribution < -0.4 is 4.90 Å². The molecule has 98 valence electrons. The van der Waals surface area contributed by atoms with Crippen LogP contribution in [0.4, 0.5) is 10.2 Å². The van der Waals surface area contributed by atoms with Crippen LogP contribution in [0.5, 0.6) is 0 Å². The number of amides is 1. The topological polar surface area (TPSA) is 33.2 Å². The molecule has 0 atom stereocenters. The van der Waals surface area contributed by atoms with Crippen LogP contribution >= 0.6 is 15.9 Å². The minimum absolute atomic E-state index is 0.0147. The number of pyridine rings is 1. The van der Waals surface area contributed by atoms with Crippen molar-refractivity contribution in [3.8, 4) is 0 Å². The van der Waals surface area contributed by atoms with Crippen LogP contribution in [-0.4, -0.2) is 17.9 Å². The minimum atomic E-state index is -0.526. The second-order valence-corrected chi connectivity index (χ2v) is 4.90. The van der Waals surface area contributed by atoms with E-state index in [0.717, 1.165) is 5.56 Å². The Labute approximate surface area is 119 Å². The van der Waals surface area contributed by atoms with Crippen molar-refractivity contribution in [1.29, 1.82) is 0 Å². The molecule has 0 aliphatic carbocycles. The Balaban J connectivity index is 2.40. The number of nitrogens with zero attached hydrogens (tertiary/aromatic N) is 2. The van der Waals surface area contributed by atoms with Crippen LogP contribution in [0.1, 0.15) is 15.9 Å². The summed E-state index contributed by atoms with van der Waals surface area (Å²) in [5.41, 5.74) is 1.42. The predicted octanol–water partition coefficient (Wildman–Crippen LogP) is 3.57. The monoisotopic (exact) mass is 322 g/mol. The standard InChI is InChI=1S/C14H12BrFN2O/c1-9-5-3-6-10(12(9)15)14(19)18(2)13-11(16)7-4-8-17-13/h3-8H,1-2H3. The molecule has 19 heavy (non-hydrogen) atoms. The lowest BCUT2D eigenvalue weighted by Crippen LogP contribution is -2.28. The van der Waals surface area contributed by atoms with Gasteiger partial charge in [-0.25, -0.2) is 9.37 Å². The summed E-state index contributed by atoms with van der Waals surface area (Å²) in [5.74, 6) is -0.823. The van der Waals surface area contributed by atoms with Crippen molar-refractivity contribution >= 4 is 27.7 Å². The number of carbonyl (C=O) groups is 1. The molecule has 0 radical (unpaired) electrons. The Hall–Kier alpha value is -1.75. The summed E-state index contributed by atoms with van der Waals surface area (Å²) in [6.45, 7) is 1.89. The van der Waals surface area contributed by atoms with E-state index in [1.165, 1.54) is 30.3 Å². The number of carbonyl (C=O) groups excluding carboxylic acids is 1. The van der Waals surface area contributed by atoms with E-state index in [-0.39, 0.29) is 11.7 Å². The normalized spacial score (nSPS) is 10.3. The Kier molecular flexibility index (Phi) is 3.95. The highest BCUT2D eigenvalue weighted by molar-refractivity contribution is 9.10. The van der Waals surface area contributed by atoms with Crippen LogP contribution in [0.2, 0.25) is 0 Å². The summed E-state index contributed by atoms with van der Waals surface area (Å²) >= 11 is 3.38. The molecule has 3 nitrogen and oxygen atoms in total. The van der Waals surface area contributed by atoms with Gasteiger partial charge in [0.25, 0.3) is 5.91 Å². The zero-order valence-corrected chi connectivity index (χ0v) is 12.1. The number of benzene rings is 1. The third-order valence-corrected chi connectivity index (χ3v) is 3.84. The van der Waals surface area contributed by atoms with E-state index in [1.54, 1.807) is 12.1 Å². The van der Waals surface area contributed by atoms with Gasteiger partial charge in [-0.15, -0.1) is 0 Å². The number of hydrogen-bond donors (Lipinski definition) is 0. The molecule has 0 saturated carbocycles. The smallest absolute Gasteiger partial charge is 0.260 e. The van der Waals surface area contributed by atoms with E-state index in [4.69, 9.17) is 0 Å². The van der Waals surface area contributed by atoms with Gasteiger partial charge in [0.15, 0.2) is 11.6 Å². The summed E-state index contributed by atoms with van der Waals surface area (Å²) in [4.78, 5) is 17.5. The van der Waals surface area contributed by atoms with Crippen molar-refractivity contribution in [3.63, 3.8) is 0 Å². The highest BCUT2D eigenvalue weighted by atomic mass is 79.9. The van der Waals surface area contributed by atoms with Gasteiger partial charge in [0, 0.05) is 17.7 Å². The first-order valence-corrected chi connectivity index (χ1v) is 6.45. The van der Waals surface area contributed by atoms with Crippen molar-refractivity contribution in [2.45, 2.75) is 6.92 Å². The van der Waals surface area contributed by atoms with Gasteiger partial charge in [-0.3, -0.25) is 9.69 Å². The Bertz CT molecular complexity index is 631. The first-order chi connectivity index (χ1) is 9.02. The van der Waals surface area contributed by atoms with Gasteiger partial charge in [-0.2, -0.15) is 0 Å². The lowest BCUT2D eigenvalue weighted by Gasteiger charge is -2.18. The molecule has 0 aliphatic heterocycles. The maximum absolute atomic E-state index is 13.6. The highest BCUT2D eigenvalue weighted by Gasteiger charge is 2.20. The molecule has 1 heterocycles. The number of rotatable bonds is 2. The average Bonchev–Trinajstić information content (AvgIpc) is 2.41. The van der Waals surface area contributed by atoms with Gasteiger partial charge < -0.3 is 0 Å². The quantitative estimate of drug-likeness (QED) is 0.846. The minimum Gasteiger partial charge on any atom is -0.293 e. The summed E-state index contributed by atoms with van der Waals surface area (Å²) in [6.07, 6.45) is 1.45. The van der Waals surface area contributed by atoms with Crippen molar-refractivity contribution in [2.75, 3.05) is 11.9 Å². The van der Waals surface area contributed by atoms with Crippen LogP contribution in [-0.2, 0) is 0 Å². The summed E-state index contributed by atoms with van der Waals surface area (Å²) in [5, 5.41) is 0. The van der Waals surface area contributed by atoms with Crippen molar-refractivity contribution in [2.24, 2.45) is 0 Å². The third kappa shape index (κ3) is 2.66. The number of hydrogen-bond acceptors (Lipinski definition) is 2. The molecule has 0 N–H and O–H groups in total. The lowest BCUT2D eigenvalue weighted by atomic mass is 10.1.